The lowest BCUT2D eigenvalue weighted by Gasteiger charge is -2.36. The highest BCUT2D eigenvalue weighted by Gasteiger charge is 2.31. The molecule has 3 heteroatoms. The topological polar surface area (TPSA) is 29.3 Å². The van der Waals surface area contributed by atoms with Gasteiger partial charge in [0.1, 0.15) is 0 Å². The van der Waals surface area contributed by atoms with Crippen LogP contribution in [-0.4, -0.2) is 24.0 Å². The number of hydrogen-bond acceptors (Lipinski definition) is 2. The van der Waals surface area contributed by atoms with Gasteiger partial charge < -0.3 is 5.73 Å². The second-order valence-electron chi connectivity index (χ2n) is 5.98. The van der Waals surface area contributed by atoms with Crippen molar-refractivity contribution in [3.63, 3.8) is 0 Å². The monoisotopic (exact) mass is 294 g/mol. The van der Waals surface area contributed by atoms with Gasteiger partial charge in [0.05, 0.1) is 6.04 Å². The van der Waals surface area contributed by atoms with E-state index in [4.69, 9.17) is 17.3 Å². The molecule has 0 aromatic heterocycles. The summed E-state index contributed by atoms with van der Waals surface area (Å²) in [6.45, 7) is 6.66. The molecule has 1 aliphatic rings. The zero-order chi connectivity index (χ0) is 14.5. The molecule has 2 rings (SSSR count). The average Bonchev–Trinajstić information content (AvgIpc) is 3.25. The lowest BCUT2D eigenvalue weighted by Crippen LogP contribution is -2.42. The first-order chi connectivity index (χ1) is 9.67. The van der Waals surface area contributed by atoms with Crippen LogP contribution in [0.5, 0.6) is 0 Å². The quantitative estimate of drug-likeness (QED) is 0.777. The molecule has 0 radical (unpaired) electrons. The van der Waals surface area contributed by atoms with Gasteiger partial charge in [0.2, 0.25) is 0 Å². The third-order valence-corrected chi connectivity index (χ3v) is 4.54. The predicted molar refractivity (Wildman–Crippen MR) is 87.0 cm³/mol. The van der Waals surface area contributed by atoms with Crippen LogP contribution in [0.15, 0.2) is 24.3 Å². The second kappa shape index (κ2) is 7.44. The van der Waals surface area contributed by atoms with Gasteiger partial charge in [-0.25, -0.2) is 0 Å². The van der Waals surface area contributed by atoms with Gasteiger partial charge in [0, 0.05) is 17.6 Å². The normalized spacial score (nSPS) is 18.2. The SMILES string of the molecule is CCCN(CC1CC1)C(c1ccccc1Cl)C(N)CC. The molecule has 112 valence electrons. The maximum Gasteiger partial charge on any atom is 0.0513 e. The zero-order valence-corrected chi connectivity index (χ0v) is 13.4. The molecular weight excluding hydrogens is 268 g/mol. The lowest BCUT2D eigenvalue weighted by molar-refractivity contribution is 0.162. The Morgan fingerprint density at radius 2 is 2.00 bits per heavy atom. The molecule has 0 spiro atoms. The predicted octanol–water partition coefficient (Wildman–Crippen LogP) is 4.24. The highest BCUT2D eigenvalue weighted by atomic mass is 35.5. The smallest absolute Gasteiger partial charge is 0.0513 e. The molecule has 20 heavy (non-hydrogen) atoms. The van der Waals surface area contributed by atoms with Crippen LogP contribution in [0.4, 0.5) is 0 Å². The molecule has 1 aromatic rings. The van der Waals surface area contributed by atoms with Crippen LogP contribution >= 0.6 is 11.6 Å². The van der Waals surface area contributed by atoms with E-state index in [0.29, 0.717) is 0 Å². The van der Waals surface area contributed by atoms with Crippen molar-refractivity contribution in [2.75, 3.05) is 13.1 Å². The van der Waals surface area contributed by atoms with Crippen molar-refractivity contribution in [2.45, 2.75) is 51.6 Å². The Morgan fingerprint density at radius 1 is 1.30 bits per heavy atom. The molecular formula is C17H27ClN2. The molecule has 1 saturated carbocycles. The largest absolute Gasteiger partial charge is 0.326 e. The molecule has 0 aliphatic heterocycles. The third kappa shape index (κ3) is 3.97. The Kier molecular flexibility index (Phi) is 5.88. The van der Waals surface area contributed by atoms with E-state index >= 15 is 0 Å². The fourth-order valence-corrected chi connectivity index (χ4v) is 3.15. The highest BCUT2D eigenvalue weighted by molar-refractivity contribution is 6.31. The molecule has 0 bridgehead atoms. The summed E-state index contributed by atoms with van der Waals surface area (Å²) in [7, 11) is 0. The van der Waals surface area contributed by atoms with Crippen molar-refractivity contribution >= 4 is 11.6 Å². The maximum absolute atomic E-state index is 6.45. The van der Waals surface area contributed by atoms with Gasteiger partial charge in [-0.2, -0.15) is 0 Å². The molecule has 1 fully saturated rings. The number of nitrogens with zero attached hydrogens (tertiary/aromatic N) is 1. The summed E-state index contributed by atoms with van der Waals surface area (Å²) in [6, 6.07) is 8.56. The van der Waals surface area contributed by atoms with Crippen LogP contribution in [0, 0.1) is 5.92 Å². The Morgan fingerprint density at radius 3 is 2.55 bits per heavy atom. The van der Waals surface area contributed by atoms with E-state index < -0.39 is 0 Å². The average molecular weight is 295 g/mol. The van der Waals surface area contributed by atoms with E-state index in [1.54, 1.807) is 0 Å². The van der Waals surface area contributed by atoms with E-state index in [1.165, 1.54) is 18.4 Å². The van der Waals surface area contributed by atoms with Crippen LogP contribution in [-0.2, 0) is 0 Å². The van der Waals surface area contributed by atoms with Crippen LogP contribution in [0.3, 0.4) is 0 Å². The summed E-state index contributed by atoms with van der Waals surface area (Å²) >= 11 is 6.43. The van der Waals surface area contributed by atoms with Crippen LogP contribution in [0.25, 0.3) is 0 Å². The number of benzene rings is 1. The summed E-state index contributed by atoms with van der Waals surface area (Å²) in [5, 5.41) is 0.846. The first-order valence-electron chi connectivity index (χ1n) is 7.91. The summed E-state index contributed by atoms with van der Waals surface area (Å²) in [5.74, 6) is 0.871. The highest BCUT2D eigenvalue weighted by Crippen LogP contribution is 2.36. The van der Waals surface area contributed by atoms with Crippen molar-refractivity contribution in [1.82, 2.24) is 4.90 Å². The summed E-state index contributed by atoms with van der Waals surface area (Å²) in [5.41, 5.74) is 7.64. The summed E-state index contributed by atoms with van der Waals surface area (Å²) in [6.07, 6.45) is 4.87. The summed E-state index contributed by atoms with van der Waals surface area (Å²) in [4.78, 5) is 2.56. The van der Waals surface area contributed by atoms with Gasteiger partial charge in [0.25, 0.3) is 0 Å². The molecule has 2 unspecified atom stereocenters. The van der Waals surface area contributed by atoms with Gasteiger partial charge in [0.15, 0.2) is 0 Å². The number of nitrogens with two attached hydrogens (primary N) is 1. The van der Waals surface area contributed by atoms with Gasteiger partial charge in [-0.15, -0.1) is 0 Å². The fraction of sp³-hybridized carbons (Fsp3) is 0.647. The maximum atomic E-state index is 6.45. The molecule has 0 heterocycles. The minimum absolute atomic E-state index is 0.139. The van der Waals surface area contributed by atoms with E-state index in [9.17, 15) is 0 Å². The number of halogens is 1. The van der Waals surface area contributed by atoms with Crippen molar-refractivity contribution in [1.29, 1.82) is 0 Å². The van der Waals surface area contributed by atoms with E-state index in [0.717, 1.165) is 36.9 Å². The van der Waals surface area contributed by atoms with Crippen LogP contribution in [0.2, 0.25) is 5.02 Å². The van der Waals surface area contributed by atoms with Crippen molar-refractivity contribution in [2.24, 2.45) is 11.7 Å². The Balaban J connectivity index is 2.26. The number of rotatable bonds is 8. The van der Waals surface area contributed by atoms with Crippen molar-refractivity contribution in [3.05, 3.63) is 34.9 Å². The zero-order valence-electron chi connectivity index (χ0n) is 12.7. The molecule has 1 aromatic carbocycles. The minimum atomic E-state index is 0.139. The van der Waals surface area contributed by atoms with Gasteiger partial charge in [-0.3, -0.25) is 4.90 Å². The van der Waals surface area contributed by atoms with Crippen molar-refractivity contribution < 1.29 is 0 Å². The van der Waals surface area contributed by atoms with E-state index in [2.05, 4.69) is 30.9 Å². The molecule has 0 amide bonds. The number of hydrogen-bond donors (Lipinski definition) is 1. The van der Waals surface area contributed by atoms with Crippen LogP contribution in [0.1, 0.15) is 51.1 Å². The fourth-order valence-electron chi connectivity index (χ4n) is 2.90. The molecule has 0 saturated heterocycles. The minimum Gasteiger partial charge on any atom is -0.326 e. The Bertz CT molecular complexity index is 417. The summed E-state index contributed by atoms with van der Waals surface area (Å²) < 4.78 is 0. The molecule has 2 nitrogen and oxygen atoms in total. The van der Waals surface area contributed by atoms with Gasteiger partial charge in [-0.05, 0) is 49.8 Å². The van der Waals surface area contributed by atoms with E-state index in [1.807, 2.05) is 12.1 Å². The molecule has 2 atom stereocenters. The van der Waals surface area contributed by atoms with Gasteiger partial charge in [-0.1, -0.05) is 43.6 Å². The Hall–Kier alpha value is -0.570. The first kappa shape index (κ1) is 15.8. The standard InChI is InChI=1S/C17H27ClN2/c1-3-11-20(12-13-9-10-13)17(16(19)4-2)14-7-5-6-8-15(14)18/h5-8,13,16-17H,3-4,9-12,19H2,1-2H3. The molecule has 2 N–H and O–H groups in total. The second-order valence-corrected chi connectivity index (χ2v) is 6.38. The van der Waals surface area contributed by atoms with Crippen LogP contribution < -0.4 is 5.73 Å². The van der Waals surface area contributed by atoms with E-state index in [-0.39, 0.29) is 12.1 Å². The van der Waals surface area contributed by atoms with Crippen molar-refractivity contribution in [3.8, 4) is 0 Å². The third-order valence-electron chi connectivity index (χ3n) is 4.19. The molecule has 1 aliphatic carbocycles. The Labute approximate surface area is 128 Å². The van der Waals surface area contributed by atoms with Gasteiger partial charge >= 0.3 is 0 Å². The first-order valence-corrected chi connectivity index (χ1v) is 8.29. The lowest BCUT2D eigenvalue weighted by atomic mass is 9.95.